The molecule has 1 aliphatic heterocycles. The number of unbranched alkanes of at least 4 members (excludes halogenated alkanes) is 1. The van der Waals surface area contributed by atoms with Gasteiger partial charge in [-0.15, -0.1) is 11.8 Å². The number of rotatable bonds is 23. The van der Waals surface area contributed by atoms with Crippen molar-refractivity contribution in [2.45, 2.75) is 172 Å². The van der Waals surface area contributed by atoms with Gasteiger partial charge in [-0.25, -0.2) is 0 Å². The van der Waals surface area contributed by atoms with Crippen LogP contribution in [0.15, 0.2) is 170 Å². The number of primary amides is 1. The molecule has 6 aromatic carbocycles. The molecule has 16 N–H and O–H groups in total. The molecule has 1 fully saturated rings. The number of phenols is 2. The number of carbonyl (C=O) groups excluding carboxylic acids is 15. The van der Waals surface area contributed by atoms with Gasteiger partial charge >= 0.3 is 5.97 Å². The number of aromatic amines is 1. The van der Waals surface area contributed by atoms with Crippen molar-refractivity contribution in [2.24, 2.45) is 17.6 Å². The lowest BCUT2D eigenvalue weighted by molar-refractivity contribution is -0.147. The maximum Gasteiger partial charge on any atom is 0.305 e. The van der Waals surface area contributed by atoms with E-state index in [1.54, 1.807) is 149 Å². The minimum absolute atomic E-state index is 0.0262. The number of H-pyrrole nitrogens is 1. The van der Waals surface area contributed by atoms with Gasteiger partial charge < -0.3 is 98.8 Å². The van der Waals surface area contributed by atoms with Gasteiger partial charge in [0.1, 0.15) is 78.0 Å². The molecule has 0 spiro atoms. The molecule has 1 saturated heterocycles. The average molecular weight is 1780 g/mol. The average Bonchev–Trinajstić information content (AvgIpc) is 1.23. The van der Waals surface area contributed by atoms with Crippen LogP contribution in [0.5, 0.6) is 11.5 Å². The number of aromatic hydroxyl groups is 2. The summed E-state index contributed by atoms with van der Waals surface area (Å²) in [6.07, 6.45) is 0.0465. The molecule has 35 nitrogen and oxygen atoms in total. The summed E-state index contributed by atoms with van der Waals surface area (Å²) >= 11 is 0.821. The lowest BCUT2D eigenvalue weighted by atomic mass is 9.98. The highest BCUT2D eigenvalue weighted by Crippen LogP contribution is 2.24. The lowest BCUT2D eigenvalue weighted by Crippen LogP contribution is -2.61. The molecular formula is C92H116N16O19S. The van der Waals surface area contributed by atoms with Crippen LogP contribution in [-0.2, 0) is 115 Å². The second-order valence-electron chi connectivity index (χ2n) is 32.7. The third-order valence-electron chi connectivity index (χ3n) is 21.6. The fourth-order valence-electron chi connectivity index (χ4n) is 14.7. The Labute approximate surface area is 746 Å². The van der Waals surface area contributed by atoms with Gasteiger partial charge in [0.15, 0.2) is 0 Å². The number of aromatic nitrogens is 1. The molecule has 15 amide bonds. The first kappa shape index (κ1) is 99.8. The van der Waals surface area contributed by atoms with Crippen molar-refractivity contribution in [3.63, 3.8) is 0 Å². The first-order chi connectivity index (χ1) is 60.9. The molecule has 684 valence electrons. The summed E-state index contributed by atoms with van der Waals surface area (Å²) in [5.41, 5.74) is 9.07. The SMILES string of the molecule is CCCCC1C(=O)N(C)CC(=O)NC(CC(=O)O)C(=O)NC(C(C)C)C(=O)N(C)C(Cc2ccccc2)C(=O)NC(Cc2ccc(O)cc2)C(=O)N(C)CC(=O)NC(Cc2c[nH]c3ccccc23)C(=O)NC(Cc2ccc(O)cc2)C(=O)NC(CC(C)C)C(=O)NC(C(=O)NCC(N)=O)CSCC(=O)NC(Cc2ccccc2)C(=O)NC(Cc2ccccc2)C(=O)N1C. The number of aliphatic carboxylic acids is 1. The predicted molar refractivity (Wildman–Crippen MR) is 477 cm³/mol. The number of benzene rings is 6. The van der Waals surface area contributed by atoms with Crippen molar-refractivity contribution in [1.29, 1.82) is 0 Å². The highest BCUT2D eigenvalue weighted by atomic mass is 32.2. The van der Waals surface area contributed by atoms with Crippen LogP contribution in [0.1, 0.15) is 100 Å². The van der Waals surface area contributed by atoms with E-state index in [4.69, 9.17) is 5.73 Å². The third kappa shape index (κ3) is 30.6. The van der Waals surface area contributed by atoms with Gasteiger partial charge in [0.25, 0.3) is 0 Å². The molecule has 0 saturated carbocycles. The van der Waals surface area contributed by atoms with Crippen LogP contribution in [0.4, 0.5) is 0 Å². The number of carbonyl (C=O) groups is 16. The molecule has 2 heterocycles. The van der Waals surface area contributed by atoms with Crippen molar-refractivity contribution in [3.8, 4) is 11.5 Å². The van der Waals surface area contributed by atoms with Crippen LogP contribution in [0, 0.1) is 11.8 Å². The fourth-order valence-corrected chi connectivity index (χ4v) is 15.5. The van der Waals surface area contributed by atoms with E-state index in [9.17, 15) is 58.5 Å². The Balaban J connectivity index is 1.20. The third-order valence-corrected chi connectivity index (χ3v) is 22.6. The van der Waals surface area contributed by atoms with Gasteiger partial charge in [0, 0.05) is 89.6 Å². The van der Waals surface area contributed by atoms with Gasteiger partial charge in [-0.3, -0.25) is 76.7 Å². The largest absolute Gasteiger partial charge is 0.508 e. The summed E-state index contributed by atoms with van der Waals surface area (Å²) in [5.74, 6) is -17.6. The number of hydrogen-bond donors (Lipinski definition) is 15. The summed E-state index contributed by atoms with van der Waals surface area (Å²) in [4.78, 5) is 241. The number of nitrogens with one attached hydrogen (secondary N) is 11. The Morgan fingerprint density at radius 3 is 1.41 bits per heavy atom. The smallest absolute Gasteiger partial charge is 0.305 e. The van der Waals surface area contributed by atoms with Gasteiger partial charge in [-0.1, -0.05) is 181 Å². The van der Waals surface area contributed by atoms with Crippen molar-refractivity contribution in [1.82, 2.24) is 77.8 Å². The number of amides is 15. The molecule has 0 aliphatic carbocycles. The highest BCUT2D eigenvalue weighted by Gasteiger charge is 2.41. The molecule has 7 aromatic rings. The van der Waals surface area contributed by atoms with Crippen molar-refractivity contribution in [3.05, 3.63) is 203 Å². The number of hydrogen-bond acceptors (Lipinski definition) is 19. The van der Waals surface area contributed by atoms with Crippen molar-refractivity contribution >= 4 is 117 Å². The minimum Gasteiger partial charge on any atom is -0.508 e. The van der Waals surface area contributed by atoms with Crippen LogP contribution >= 0.6 is 11.8 Å². The van der Waals surface area contributed by atoms with E-state index < -0.39 is 199 Å². The second-order valence-corrected chi connectivity index (χ2v) is 33.7. The van der Waals surface area contributed by atoms with Crippen molar-refractivity contribution in [2.75, 3.05) is 59.3 Å². The van der Waals surface area contributed by atoms with Gasteiger partial charge in [0.05, 0.1) is 31.8 Å². The molecule has 128 heavy (non-hydrogen) atoms. The molecule has 0 radical (unpaired) electrons. The number of carboxylic acids is 1. The zero-order valence-corrected chi connectivity index (χ0v) is 73.9. The Morgan fingerprint density at radius 1 is 0.461 bits per heavy atom. The Morgan fingerprint density at radius 2 is 0.891 bits per heavy atom. The van der Waals surface area contributed by atoms with Gasteiger partial charge in [-0.05, 0) is 88.4 Å². The Hall–Kier alpha value is -13.7. The van der Waals surface area contributed by atoms with E-state index >= 15 is 33.6 Å². The molecule has 0 bridgehead atoms. The molecule has 1 aromatic heterocycles. The maximum atomic E-state index is 15.4. The zero-order chi connectivity index (χ0) is 93.4. The predicted octanol–water partition coefficient (Wildman–Crippen LogP) is 1.98. The van der Waals surface area contributed by atoms with Crippen molar-refractivity contribution < 1.29 is 92.0 Å². The van der Waals surface area contributed by atoms with E-state index in [2.05, 4.69) is 58.2 Å². The molecule has 11 unspecified atom stereocenters. The molecule has 8 rings (SSSR count). The van der Waals surface area contributed by atoms with E-state index in [0.29, 0.717) is 57.1 Å². The number of para-hydroxylation sites is 1. The van der Waals surface area contributed by atoms with Crippen LogP contribution in [0.3, 0.4) is 0 Å². The first-order valence-electron chi connectivity index (χ1n) is 42.3. The highest BCUT2D eigenvalue weighted by molar-refractivity contribution is 8.00. The quantitative estimate of drug-likeness (QED) is 0.0435. The zero-order valence-electron chi connectivity index (χ0n) is 73.1. The van der Waals surface area contributed by atoms with E-state index in [-0.39, 0.29) is 74.5 Å². The van der Waals surface area contributed by atoms with Crippen LogP contribution in [0.25, 0.3) is 10.9 Å². The van der Waals surface area contributed by atoms with Gasteiger partial charge in [-0.2, -0.15) is 0 Å². The molecule has 1 aliphatic rings. The summed E-state index contributed by atoms with van der Waals surface area (Å²) in [6.45, 7) is 6.16. The standard InChI is InChI=1S/C92H116N16O19S/c1-10-11-31-74-91(126)106(7)51-78(113)97-70(47-80(115)116)87(122)104-81(55(4)5)92(127)108(9)75(45-58-27-19-14-20-28-58)88(123)102-71(44-60-34-38-63(110)39-35-60)89(124)105(6)50-77(112)96-69(46-61-48-94-65-30-22-21-29-64(61)65)86(121)100-68(42-59-32-36-62(109)37-33-59)85(120)99-66(40-54(2)3)83(118)103-73(82(117)95-49-76(93)111)52-128-53-79(114)98-67(41-56-23-15-12-16-24-56)84(119)101-72(90(125)107(74)8)43-57-25-17-13-18-26-57/h12-30,32-39,48,54-55,66-75,81,94,109-110H,10-11,31,40-47,49-53H2,1-9H3,(H2,93,111)(H,95,117)(H,96,112)(H,97,113)(H,98,114)(H,99,120)(H,100,121)(H,101,119)(H,102,123)(H,103,118)(H,104,122)(H,115,116). The lowest BCUT2D eigenvalue weighted by Gasteiger charge is -2.34. The van der Waals surface area contributed by atoms with Crippen LogP contribution < -0.4 is 58.9 Å². The van der Waals surface area contributed by atoms with Gasteiger partial charge in [0.2, 0.25) is 88.6 Å². The number of phenolic OH excluding ortho intramolecular Hbond substituents is 2. The number of likely N-dealkylation sites (N-methyl/N-ethyl adjacent to an activating group) is 4. The number of thioether (sulfide) groups is 1. The summed E-state index contributed by atoms with van der Waals surface area (Å²) in [7, 11) is 5.14. The van der Waals surface area contributed by atoms with Crippen LogP contribution in [-0.4, -0.2) is 260 Å². The normalized spacial score (nSPS) is 21.9. The summed E-state index contributed by atoms with van der Waals surface area (Å²) in [6, 6.07) is 27.0. The number of carboxylic acid groups (broad SMARTS) is 1. The van der Waals surface area contributed by atoms with Crippen LogP contribution in [0.2, 0.25) is 0 Å². The number of nitrogens with zero attached hydrogens (tertiary/aromatic N) is 4. The summed E-state index contributed by atoms with van der Waals surface area (Å²) < 4.78 is 0. The van der Waals surface area contributed by atoms with E-state index in [0.717, 1.165) is 31.4 Å². The molecule has 11 atom stereocenters. The fraction of sp³-hybridized carbons (Fsp3) is 0.413. The van der Waals surface area contributed by atoms with E-state index in [1.807, 2.05) is 6.92 Å². The topological polar surface area (TPSA) is 509 Å². The Kier molecular flexibility index (Phi) is 38.0. The first-order valence-corrected chi connectivity index (χ1v) is 43.4. The maximum absolute atomic E-state index is 15.4. The second kappa shape index (κ2) is 48.7. The summed E-state index contributed by atoms with van der Waals surface area (Å²) in [5, 5.41) is 58.3. The number of fused-ring (bicyclic) bond motifs is 1. The molecule has 36 heteroatoms. The minimum atomic E-state index is -1.91. The molecular weight excluding hydrogens is 1670 g/mol. The monoisotopic (exact) mass is 1780 g/mol. The Bertz CT molecular complexity index is 5030. The van der Waals surface area contributed by atoms with E-state index in [1.165, 1.54) is 76.7 Å². The number of nitrogens with two attached hydrogens (primary N) is 1.